The van der Waals surface area contributed by atoms with Gasteiger partial charge in [0, 0.05) is 27.8 Å². The molecule has 140 valence electrons. The van der Waals surface area contributed by atoms with E-state index in [4.69, 9.17) is 11.6 Å². The second-order valence-electron chi connectivity index (χ2n) is 6.18. The quantitative estimate of drug-likeness (QED) is 0.404. The maximum Gasteiger partial charge on any atom is 0.128 e. The molecule has 0 aliphatic carbocycles. The van der Waals surface area contributed by atoms with Gasteiger partial charge in [-0.25, -0.2) is 4.68 Å². The maximum atomic E-state index is 10.5. The molecule has 0 saturated heterocycles. The Labute approximate surface area is 172 Å². The summed E-state index contributed by atoms with van der Waals surface area (Å²) in [7, 11) is 0. The summed E-state index contributed by atoms with van der Waals surface area (Å²) >= 11 is 7.94. The van der Waals surface area contributed by atoms with Gasteiger partial charge in [-0.1, -0.05) is 41.9 Å². The number of halogens is 1. The van der Waals surface area contributed by atoms with Gasteiger partial charge in [-0.15, -0.1) is 11.8 Å². The number of thioether (sulfide) groups is 1. The van der Waals surface area contributed by atoms with E-state index >= 15 is 0 Å². The van der Waals surface area contributed by atoms with Crippen LogP contribution in [0.4, 0.5) is 0 Å². The highest BCUT2D eigenvalue weighted by Gasteiger charge is 2.16. The number of hydrogen-bond acceptors (Lipinski definition) is 4. The van der Waals surface area contributed by atoms with Crippen molar-refractivity contribution in [1.82, 2.24) is 9.78 Å². The van der Waals surface area contributed by atoms with Crippen LogP contribution in [0.3, 0.4) is 0 Å². The minimum absolute atomic E-state index is 0.0141. The third kappa shape index (κ3) is 3.72. The molecule has 1 aromatic heterocycles. The molecule has 6 heteroatoms. The summed E-state index contributed by atoms with van der Waals surface area (Å²) in [6.07, 6.45) is 1.66. The first-order chi connectivity index (χ1) is 13.6. The van der Waals surface area contributed by atoms with Crippen molar-refractivity contribution < 1.29 is 10.2 Å². The zero-order valence-corrected chi connectivity index (χ0v) is 16.4. The molecular formula is C22H17ClN2O2S. The molecule has 0 amide bonds. The van der Waals surface area contributed by atoms with E-state index in [0.29, 0.717) is 22.0 Å². The van der Waals surface area contributed by atoms with Crippen LogP contribution in [0.25, 0.3) is 16.9 Å². The minimum Gasteiger partial charge on any atom is -0.507 e. The van der Waals surface area contributed by atoms with Gasteiger partial charge in [0.25, 0.3) is 0 Å². The molecule has 4 nitrogen and oxygen atoms in total. The van der Waals surface area contributed by atoms with E-state index in [-0.39, 0.29) is 11.5 Å². The lowest BCUT2D eigenvalue weighted by Crippen LogP contribution is -2.00. The summed E-state index contributed by atoms with van der Waals surface area (Å²) in [6.45, 7) is 0. The highest BCUT2D eigenvalue weighted by Crippen LogP contribution is 2.38. The molecule has 3 aromatic carbocycles. The smallest absolute Gasteiger partial charge is 0.128 e. The van der Waals surface area contributed by atoms with E-state index in [2.05, 4.69) is 5.10 Å². The number of aromatic hydroxyl groups is 2. The van der Waals surface area contributed by atoms with Crippen LogP contribution in [0.15, 0.2) is 83.9 Å². The molecule has 0 aliphatic rings. The van der Waals surface area contributed by atoms with Gasteiger partial charge < -0.3 is 10.2 Å². The lowest BCUT2D eigenvalue weighted by atomic mass is 10.1. The Morgan fingerprint density at radius 1 is 0.893 bits per heavy atom. The highest BCUT2D eigenvalue weighted by atomic mass is 35.5. The molecule has 2 N–H and O–H groups in total. The first-order valence-electron chi connectivity index (χ1n) is 8.65. The average molecular weight is 409 g/mol. The Morgan fingerprint density at radius 2 is 1.64 bits per heavy atom. The Balaban J connectivity index is 1.71. The molecule has 0 fully saturated rings. The molecule has 0 spiro atoms. The van der Waals surface area contributed by atoms with Crippen LogP contribution in [0.2, 0.25) is 5.02 Å². The molecule has 0 radical (unpaired) electrons. The van der Waals surface area contributed by atoms with Crippen LogP contribution in [0, 0.1) is 0 Å². The number of benzene rings is 3. The fourth-order valence-electron chi connectivity index (χ4n) is 2.94. The highest BCUT2D eigenvalue weighted by molar-refractivity contribution is 7.98. The molecule has 4 rings (SSSR count). The van der Waals surface area contributed by atoms with E-state index < -0.39 is 0 Å². The summed E-state index contributed by atoms with van der Waals surface area (Å²) in [5, 5.41) is 25.7. The normalized spacial score (nSPS) is 10.9. The van der Waals surface area contributed by atoms with Crippen molar-refractivity contribution in [2.45, 2.75) is 10.6 Å². The summed E-state index contributed by atoms with van der Waals surface area (Å²) in [5.74, 6) is 0.622. The van der Waals surface area contributed by atoms with Gasteiger partial charge in [0.05, 0.1) is 22.6 Å². The van der Waals surface area contributed by atoms with Crippen LogP contribution >= 0.6 is 23.4 Å². The topological polar surface area (TPSA) is 58.3 Å². The van der Waals surface area contributed by atoms with E-state index in [0.717, 1.165) is 16.1 Å². The maximum absolute atomic E-state index is 10.5. The molecular weight excluding hydrogens is 392 g/mol. The monoisotopic (exact) mass is 408 g/mol. The number of nitrogens with zero attached hydrogens (tertiary/aromatic N) is 2. The third-order valence-electron chi connectivity index (χ3n) is 4.33. The number of hydrogen-bond donors (Lipinski definition) is 2. The zero-order valence-electron chi connectivity index (χ0n) is 14.8. The average Bonchev–Trinajstić information content (AvgIpc) is 3.18. The van der Waals surface area contributed by atoms with Gasteiger partial charge in [-0.05, 0) is 36.4 Å². The van der Waals surface area contributed by atoms with Gasteiger partial charge in [0.1, 0.15) is 11.5 Å². The number of para-hydroxylation sites is 1. The molecule has 0 saturated carbocycles. The number of phenols is 2. The Hall–Kier alpha value is -2.89. The Morgan fingerprint density at radius 3 is 2.43 bits per heavy atom. The fraction of sp³-hybridized carbons (Fsp3) is 0.0455. The number of aromatic nitrogens is 2. The molecule has 28 heavy (non-hydrogen) atoms. The van der Waals surface area contributed by atoms with Crippen molar-refractivity contribution in [3.63, 3.8) is 0 Å². The predicted molar refractivity (Wildman–Crippen MR) is 113 cm³/mol. The zero-order chi connectivity index (χ0) is 19.5. The summed E-state index contributed by atoms with van der Waals surface area (Å²) in [5.41, 5.74) is 2.72. The minimum atomic E-state index is -0.0141. The Kier molecular flexibility index (Phi) is 5.28. The SMILES string of the molecule is Oc1cc(O)c(-c2ccnn2-c2ccccc2Cl)cc1CSc1ccccc1. The van der Waals surface area contributed by atoms with E-state index in [1.165, 1.54) is 6.07 Å². The van der Waals surface area contributed by atoms with Gasteiger partial charge in [-0.3, -0.25) is 0 Å². The lowest BCUT2D eigenvalue weighted by molar-refractivity contribution is 0.448. The predicted octanol–water partition coefficient (Wildman–Crippen LogP) is 5.90. The standard InChI is InChI=1S/C22H17ClN2O2S/c23-18-8-4-5-9-20(18)25-19(10-11-24-25)17-12-15(21(26)13-22(17)27)14-28-16-6-2-1-3-7-16/h1-13,26-27H,14H2. The molecule has 0 aliphatic heterocycles. The van der Waals surface area contributed by atoms with Crippen molar-refractivity contribution in [2.24, 2.45) is 0 Å². The van der Waals surface area contributed by atoms with Crippen molar-refractivity contribution in [2.75, 3.05) is 0 Å². The molecule has 0 unspecified atom stereocenters. The molecule has 0 bridgehead atoms. The summed E-state index contributed by atoms with van der Waals surface area (Å²) in [4.78, 5) is 1.11. The molecule has 4 aromatic rings. The van der Waals surface area contributed by atoms with Crippen molar-refractivity contribution >= 4 is 23.4 Å². The van der Waals surface area contributed by atoms with E-state index in [9.17, 15) is 10.2 Å². The van der Waals surface area contributed by atoms with Crippen molar-refractivity contribution in [3.8, 4) is 28.4 Å². The van der Waals surface area contributed by atoms with Crippen LogP contribution in [0.5, 0.6) is 11.5 Å². The van der Waals surface area contributed by atoms with Crippen molar-refractivity contribution in [3.05, 3.63) is 89.6 Å². The number of rotatable bonds is 5. The van der Waals surface area contributed by atoms with Gasteiger partial charge in [0.15, 0.2) is 0 Å². The Bertz CT molecular complexity index is 1110. The first-order valence-corrected chi connectivity index (χ1v) is 10.0. The summed E-state index contributed by atoms with van der Waals surface area (Å²) < 4.78 is 1.68. The van der Waals surface area contributed by atoms with Gasteiger partial charge in [-0.2, -0.15) is 5.10 Å². The van der Waals surface area contributed by atoms with Gasteiger partial charge in [0.2, 0.25) is 0 Å². The summed E-state index contributed by atoms with van der Waals surface area (Å²) in [6, 6.07) is 22.3. The number of phenolic OH excluding ortho intramolecular Hbond substituents is 2. The third-order valence-corrected chi connectivity index (χ3v) is 5.71. The second kappa shape index (κ2) is 8.00. The van der Waals surface area contributed by atoms with Crippen LogP contribution in [-0.4, -0.2) is 20.0 Å². The van der Waals surface area contributed by atoms with Crippen LogP contribution in [-0.2, 0) is 5.75 Å². The lowest BCUT2D eigenvalue weighted by Gasteiger charge is -2.13. The van der Waals surface area contributed by atoms with E-state index in [1.807, 2.05) is 54.6 Å². The first kappa shape index (κ1) is 18.5. The van der Waals surface area contributed by atoms with Gasteiger partial charge >= 0.3 is 0 Å². The van der Waals surface area contributed by atoms with Crippen LogP contribution < -0.4 is 0 Å². The van der Waals surface area contributed by atoms with E-state index in [1.54, 1.807) is 34.8 Å². The van der Waals surface area contributed by atoms with Crippen LogP contribution in [0.1, 0.15) is 5.56 Å². The largest absolute Gasteiger partial charge is 0.507 e. The second-order valence-corrected chi connectivity index (χ2v) is 7.64. The van der Waals surface area contributed by atoms with Crippen molar-refractivity contribution in [1.29, 1.82) is 0 Å². The fourth-order valence-corrected chi connectivity index (χ4v) is 4.06. The molecule has 1 heterocycles. The molecule has 0 atom stereocenters.